The van der Waals surface area contributed by atoms with E-state index in [9.17, 15) is 9.90 Å². The van der Waals surface area contributed by atoms with E-state index in [4.69, 9.17) is 23.2 Å². The van der Waals surface area contributed by atoms with Crippen molar-refractivity contribution in [2.24, 2.45) is 0 Å². The molecular weight excluding hydrogens is 305 g/mol. The van der Waals surface area contributed by atoms with Gasteiger partial charge in [-0.1, -0.05) is 23.2 Å². The second-order valence-electron chi connectivity index (χ2n) is 4.59. The van der Waals surface area contributed by atoms with Gasteiger partial charge >= 0.3 is 5.97 Å². The van der Waals surface area contributed by atoms with E-state index in [2.05, 4.69) is 4.98 Å². The highest BCUT2D eigenvalue weighted by atomic mass is 35.5. The van der Waals surface area contributed by atoms with Crippen molar-refractivity contribution in [1.82, 2.24) is 4.98 Å². The Kier molecular flexibility index (Phi) is 3.85. The lowest BCUT2D eigenvalue weighted by molar-refractivity contribution is -0.142. The second kappa shape index (κ2) is 5.12. The average Bonchev–Trinajstić information content (AvgIpc) is 2.82. The van der Waals surface area contributed by atoms with E-state index in [1.807, 2.05) is 0 Å². The third kappa shape index (κ3) is 2.76. The molecule has 3 nitrogen and oxygen atoms in total. The quantitative estimate of drug-likeness (QED) is 0.908. The standard InChI is InChI=1S/C13H11Cl2NO2S/c1-13(2,12(17)18)10-6-19-11(16-10)8-5-7(14)3-4-9(8)15/h3-6H,1-2H3,(H,17,18). The first-order valence-corrected chi connectivity index (χ1v) is 7.11. The molecule has 1 aromatic heterocycles. The van der Waals surface area contributed by atoms with Gasteiger partial charge in [-0.05, 0) is 32.0 Å². The average molecular weight is 316 g/mol. The van der Waals surface area contributed by atoms with Gasteiger partial charge in [0.2, 0.25) is 0 Å². The molecule has 0 aliphatic carbocycles. The molecule has 1 aromatic carbocycles. The van der Waals surface area contributed by atoms with Crippen LogP contribution in [0.15, 0.2) is 23.6 Å². The zero-order valence-electron chi connectivity index (χ0n) is 10.3. The van der Waals surface area contributed by atoms with Crippen LogP contribution >= 0.6 is 34.5 Å². The number of thiazole rings is 1. The van der Waals surface area contributed by atoms with E-state index in [-0.39, 0.29) is 0 Å². The summed E-state index contributed by atoms with van der Waals surface area (Å²) < 4.78 is 0. The molecule has 0 fully saturated rings. The van der Waals surface area contributed by atoms with Crippen molar-refractivity contribution < 1.29 is 9.90 Å². The summed E-state index contributed by atoms with van der Waals surface area (Å²) in [5, 5.41) is 12.7. The van der Waals surface area contributed by atoms with Crippen molar-refractivity contribution >= 4 is 40.5 Å². The Morgan fingerprint density at radius 2 is 2.05 bits per heavy atom. The first-order valence-electron chi connectivity index (χ1n) is 5.47. The largest absolute Gasteiger partial charge is 0.481 e. The number of aromatic nitrogens is 1. The first-order chi connectivity index (χ1) is 8.82. The van der Waals surface area contributed by atoms with Crippen LogP contribution in [0.1, 0.15) is 19.5 Å². The van der Waals surface area contributed by atoms with Gasteiger partial charge < -0.3 is 5.11 Å². The molecule has 0 unspecified atom stereocenters. The fraction of sp³-hybridized carbons (Fsp3) is 0.231. The lowest BCUT2D eigenvalue weighted by Gasteiger charge is -2.15. The van der Waals surface area contributed by atoms with Gasteiger partial charge in [0.05, 0.1) is 10.7 Å². The maximum atomic E-state index is 11.2. The summed E-state index contributed by atoms with van der Waals surface area (Å²) in [5.74, 6) is -0.915. The first kappa shape index (κ1) is 14.3. The summed E-state index contributed by atoms with van der Waals surface area (Å²) in [6, 6.07) is 5.12. The van der Waals surface area contributed by atoms with E-state index < -0.39 is 11.4 Å². The molecule has 2 aromatic rings. The highest BCUT2D eigenvalue weighted by Crippen LogP contribution is 2.35. The number of halogens is 2. The summed E-state index contributed by atoms with van der Waals surface area (Å²) in [5.41, 5.74) is 0.197. The lowest BCUT2D eigenvalue weighted by Crippen LogP contribution is -2.28. The topological polar surface area (TPSA) is 50.2 Å². The molecule has 0 radical (unpaired) electrons. The molecule has 0 aliphatic rings. The smallest absolute Gasteiger partial charge is 0.315 e. The third-order valence-corrected chi connectivity index (χ3v) is 4.28. The zero-order valence-corrected chi connectivity index (χ0v) is 12.6. The van der Waals surface area contributed by atoms with Crippen molar-refractivity contribution in [2.45, 2.75) is 19.3 Å². The van der Waals surface area contributed by atoms with Gasteiger partial charge in [0.25, 0.3) is 0 Å². The molecule has 1 N–H and O–H groups in total. The van der Waals surface area contributed by atoms with Crippen LogP contribution in [0.3, 0.4) is 0 Å². The fourth-order valence-electron chi connectivity index (χ4n) is 1.46. The van der Waals surface area contributed by atoms with Crippen LogP contribution in [0, 0.1) is 0 Å². The Labute approximate surface area is 124 Å². The molecule has 100 valence electrons. The molecule has 0 amide bonds. The summed E-state index contributed by atoms with van der Waals surface area (Å²) in [4.78, 5) is 15.6. The fourth-order valence-corrected chi connectivity index (χ4v) is 2.91. The van der Waals surface area contributed by atoms with E-state index in [1.54, 1.807) is 37.4 Å². The maximum absolute atomic E-state index is 11.2. The minimum Gasteiger partial charge on any atom is -0.481 e. The van der Waals surface area contributed by atoms with Crippen LogP contribution in [0.4, 0.5) is 0 Å². The van der Waals surface area contributed by atoms with E-state index >= 15 is 0 Å². The van der Waals surface area contributed by atoms with Crippen molar-refractivity contribution in [3.63, 3.8) is 0 Å². The molecule has 2 rings (SSSR count). The third-order valence-electron chi connectivity index (χ3n) is 2.84. The minimum absolute atomic E-state index is 0.510. The number of carboxylic acid groups (broad SMARTS) is 1. The van der Waals surface area contributed by atoms with Gasteiger partial charge in [-0.3, -0.25) is 4.79 Å². The maximum Gasteiger partial charge on any atom is 0.315 e. The van der Waals surface area contributed by atoms with E-state index in [1.165, 1.54) is 11.3 Å². The summed E-state index contributed by atoms with van der Waals surface area (Å²) in [6.45, 7) is 3.24. The number of benzene rings is 1. The molecule has 0 saturated carbocycles. The molecule has 6 heteroatoms. The van der Waals surface area contributed by atoms with Gasteiger partial charge in [-0.25, -0.2) is 4.98 Å². The van der Waals surface area contributed by atoms with Crippen LogP contribution in [0.25, 0.3) is 10.6 Å². The predicted molar refractivity (Wildman–Crippen MR) is 78.2 cm³/mol. The van der Waals surface area contributed by atoms with Gasteiger partial charge in [0.15, 0.2) is 0 Å². The summed E-state index contributed by atoms with van der Waals surface area (Å²) in [6.07, 6.45) is 0. The number of rotatable bonds is 3. The van der Waals surface area contributed by atoms with Crippen LogP contribution in [-0.4, -0.2) is 16.1 Å². The van der Waals surface area contributed by atoms with E-state index in [0.29, 0.717) is 26.3 Å². The monoisotopic (exact) mass is 315 g/mol. The molecule has 0 saturated heterocycles. The van der Waals surface area contributed by atoms with Crippen molar-refractivity contribution in [2.75, 3.05) is 0 Å². The van der Waals surface area contributed by atoms with Crippen molar-refractivity contribution in [1.29, 1.82) is 0 Å². The number of carbonyl (C=O) groups is 1. The van der Waals surface area contributed by atoms with Gasteiger partial charge in [0, 0.05) is 16.0 Å². The Hall–Kier alpha value is -1.10. The zero-order chi connectivity index (χ0) is 14.2. The van der Waals surface area contributed by atoms with Crippen molar-refractivity contribution in [3.05, 3.63) is 39.3 Å². The number of aliphatic carboxylic acids is 1. The van der Waals surface area contributed by atoms with Crippen LogP contribution in [-0.2, 0) is 10.2 Å². The van der Waals surface area contributed by atoms with Gasteiger partial charge in [0.1, 0.15) is 10.4 Å². The van der Waals surface area contributed by atoms with Gasteiger partial charge in [-0.2, -0.15) is 0 Å². The van der Waals surface area contributed by atoms with Crippen molar-refractivity contribution in [3.8, 4) is 10.6 Å². The lowest BCUT2D eigenvalue weighted by atomic mass is 9.90. The molecule has 19 heavy (non-hydrogen) atoms. The molecule has 0 spiro atoms. The SMILES string of the molecule is CC(C)(C(=O)O)c1csc(-c2cc(Cl)ccc2Cl)n1. The number of hydrogen-bond donors (Lipinski definition) is 1. The van der Waals surface area contributed by atoms with Crippen LogP contribution < -0.4 is 0 Å². The number of nitrogens with zero attached hydrogens (tertiary/aromatic N) is 1. The summed E-state index contributed by atoms with van der Waals surface area (Å²) >= 11 is 13.4. The number of hydrogen-bond acceptors (Lipinski definition) is 3. The normalized spacial score (nSPS) is 11.6. The second-order valence-corrected chi connectivity index (χ2v) is 6.29. The molecule has 0 aliphatic heterocycles. The Morgan fingerprint density at radius 3 is 2.68 bits per heavy atom. The highest BCUT2D eigenvalue weighted by Gasteiger charge is 2.32. The summed E-state index contributed by atoms with van der Waals surface area (Å²) in [7, 11) is 0. The molecule has 0 atom stereocenters. The Bertz CT molecular complexity index is 637. The predicted octanol–water partition coefficient (Wildman–Crippen LogP) is 4.48. The molecule has 0 bridgehead atoms. The highest BCUT2D eigenvalue weighted by molar-refractivity contribution is 7.13. The Balaban J connectivity index is 2.47. The minimum atomic E-state index is -1.03. The van der Waals surface area contributed by atoms with Crippen LogP contribution in [0.2, 0.25) is 10.0 Å². The molecule has 1 heterocycles. The van der Waals surface area contributed by atoms with E-state index in [0.717, 1.165) is 0 Å². The molecular formula is C13H11Cl2NO2S. The Morgan fingerprint density at radius 1 is 1.37 bits per heavy atom. The van der Waals surface area contributed by atoms with Gasteiger partial charge in [-0.15, -0.1) is 11.3 Å². The van der Waals surface area contributed by atoms with Crippen LogP contribution in [0.5, 0.6) is 0 Å². The number of carboxylic acids is 1.